The molecule has 4 aromatic rings. The van der Waals surface area contributed by atoms with Gasteiger partial charge < -0.3 is 19.3 Å². The van der Waals surface area contributed by atoms with Gasteiger partial charge in [0, 0.05) is 33.5 Å². The summed E-state index contributed by atoms with van der Waals surface area (Å²) in [6, 6.07) is 17.7. The zero-order valence-electron chi connectivity index (χ0n) is 24.4. The van der Waals surface area contributed by atoms with E-state index in [1.807, 2.05) is 42.5 Å². The first kappa shape index (κ1) is 30.0. The van der Waals surface area contributed by atoms with Crippen LogP contribution in [0.2, 0.25) is 0 Å². The van der Waals surface area contributed by atoms with Gasteiger partial charge in [0.2, 0.25) is 0 Å². The quantitative estimate of drug-likeness (QED) is 0.214. The van der Waals surface area contributed by atoms with Crippen molar-refractivity contribution in [3.63, 3.8) is 0 Å². The summed E-state index contributed by atoms with van der Waals surface area (Å²) in [7, 11) is 0. The van der Waals surface area contributed by atoms with Gasteiger partial charge in [-0.05, 0) is 51.8 Å². The zero-order chi connectivity index (χ0) is 30.5. The molecule has 2 aromatic carbocycles. The first-order valence-electron chi connectivity index (χ1n) is 13.9. The third kappa shape index (κ3) is 6.61. The molecule has 0 saturated heterocycles. The van der Waals surface area contributed by atoms with E-state index in [9.17, 15) is 9.59 Å². The molecule has 0 saturated carbocycles. The van der Waals surface area contributed by atoms with Crippen molar-refractivity contribution in [3.05, 3.63) is 110 Å². The molecule has 2 aromatic heterocycles. The van der Waals surface area contributed by atoms with Gasteiger partial charge in [-0.1, -0.05) is 68.8 Å². The molecule has 0 aliphatic carbocycles. The number of hydrogen-bond acceptors (Lipinski definition) is 9. The van der Waals surface area contributed by atoms with Crippen LogP contribution in [0.25, 0.3) is 11.3 Å². The van der Waals surface area contributed by atoms with Crippen LogP contribution in [0.5, 0.6) is 0 Å². The lowest BCUT2D eigenvalue weighted by Gasteiger charge is -2.30. The van der Waals surface area contributed by atoms with Gasteiger partial charge >= 0.3 is 11.9 Å². The molecule has 5 rings (SSSR count). The Kier molecular flexibility index (Phi) is 9.20. The molecule has 1 aliphatic rings. The Hall–Kier alpha value is -4.51. The molecular formula is C32H32BrN5O5. The Labute approximate surface area is 257 Å². The topological polar surface area (TPSA) is 121 Å². The third-order valence-electron chi connectivity index (χ3n) is 7.20. The van der Waals surface area contributed by atoms with E-state index in [0.717, 1.165) is 16.5 Å². The zero-order valence-corrected chi connectivity index (χ0v) is 26.0. The molecule has 10 nitrogen and oxygen atoms in total. The van der Waals surface area contributed by atoms with Gasteiger partial charge in [0.25, 0.3) is 0 Å². The lowest BCUT2D eigenvalue weighted by molar-refractivity contribution is -0.141. The van der Waals surface area contributed by atoms with Crippen molar-refractivity contribution in [2.75, 3.05) is 6.61 Å². The molecule has 0 bridgehead atoms. The van der Waals surface area contributed by atoms with Crippen molar-refractivity contribution in [1.29, 1.82) is 0 Å². The minimum absolute atomic E-state index is 0.0900. The van der Waals surface area contributed by atoms with E-state index in [2.05, 4.69) is 48.8 Å². The highest BCUT2D eigenvalue weighted by atomic mass is 79.9. The average Bonchev–Trinajstić information content (AvgIpc) is 3.61. The fourth-order valence-corrected chi connectivity index (χ4v) is 5.45. The highest BCUT2D eigenvalue weighted by molar-refractivity contribution is 9.10. The minimum atomic E-state index is -0.848. The molecule has 1 aliphatic heterocycles. The molecule has 0 radical (unpaired) electrons. The number of halogens is 1. The van der Waals surface area contributed by atoms with Crippen LogP contribution >= 0.6 is 15.9 Å². The van der Waals surface area contributed by atoms with Gasteiger partial charge in [0.1, 0.15) is 23.8 Å². The van der Waals surface area contributed by atoms with Crippen molar-refractivity contribution < 1.29 is 23.6 Å². The Balaban J connectivity index is 1.44. The van der Waals surface area contributed by atoms with E-state index in [1.165, 1.54) is 5.56 Å². The summed E-state index contributed by atoms with van der Waals surface area (Å²) in [5, 5.41) is 15.9. The van der Waals surface area contributed by atoms with Crippen LogP contribution in [-0.2, 0) is 38.6 Å². The summed E-state index contributed by atoms with van der Waals surface area (Å²) in [4.78, 5) is 27.2. The number of nitrogens with one attached hydrogen (secondary N) is 1. The largest absolute Gasteiger partial charge is 0.463 e. The number of aryl methyl sites for hydroxylation is 3. The van der Waals surface area contributed by atoms with Crippen LogP contribution < -0.4 is 5.32 Å². The molecule has 3 heterocycles. The van der Waals surface area contributed by atoms with Crippen LogP contribution in [0.1, 0.15) is 49.3 Å². The summed E-state index contributed by atoms with van der Waals surface area (Å²) < 4.78 is 19.5. The molecule has 0 spiro atoms. The van der Waals surface area contributed by atoms with Gasteiger partial charge in [-0.25, -0.2) is 9.59 Å². The van der Waals surface area contributed by atoms with Crippen LogP contribution in [-0.4, -0.2) is 38.7 Å². The van der Waals surface area contributed by atoms with Gasteiger partial charge in [-0.3, -0.25) is 4.68 Å². The van der Waals surface area contributed by atoms with E-state index in [-0.39, 0.29) is 24.4 Å². The van der Waals surface area contributed by atoms with Gasteiger partial charge in [-0.15, -0.1) is 5.10 Å². The highest BCUT2D eigenvalue weighted by Crippen LogP contribution is 2.44. The Morgan fingerprint density at radius 1 is 0.977 bits per heavy atom. The maximum atomic E-state index is 13.8. The fraction of sp³-hybridized carbons (Fsp3) is 0.281. The number of hydrogen-bond donors (Lipinski definition) is 1. The van der Waals surface area contributed by atoms with Crippen LogP contribution in [0.3, 0.4) is 0 Å². The molecule has 222 valence electrons. The number of rotatable bonds is 10. The van der Waals surface area contributed by atoms with Crippen LogP contribution in [0, 0.1) is 6.92 Å². The number of aromatic nitrogens is 4. The molecule has 11 heteroatoms. The maximum absolute atomic E-state index is 13.8. The molecule has 1 N–H and O–H groups in total. The smallest absolute Gasteiger partial charge is 0.337 e. The van der Waals surface area contributed by atoms with Crippen molar-refractivity contribution in [3.8, 4) is 11.3 Å². The van der Waals surface area contributed by atoms with E-state index >= 15 is 0 Å². The number of allylic oxidation sites excluding steroid dienone is 2. The van der Waals surface area contributed by atoms with Crippen molar-refractivity contribution >= 4 is 27.9 Å². The van der Waals surface area contributed by atoms with Crippen LogP contribution in [0.4, 0.5) is 0 Å². The van der Waals surface area contributed by atoms with E-state index < -0.39 is 17.9 Å². The summed E-state index contributed by atoms with van der Waals surface area (Å²) in [5.41, 5.74) is 5.24. The second kappa shape index (κ2) is 13.2. The standard InChI is InChI=1S/C32H32BrN5O5/c1-5-41-31(39)26-19(2)34-20(3)27(29(26)28-21(4)43-36-30(28)23-11-13-24(33)14-12-23)32(40)42-18-25-17-38(37-35-25)16-15-22-9-7-6-8-10-22/h6-14,17,29,34H,5,15-16,18H2,1-4H3. The Bertz CT molecular complexity index is 1690. The summed E-state index contributed by atoms with van der Waals surface area (Å²) in [5.74, 6) is -1.53. The Morgan fingerprint density at radius 3 is 2.33 bits per heavy atom. The first-order chi connectivity index (χ1) is 20.8. The predicted molar refractivity (Wildman–Crippen MR) is 162 cm³/mol. The normalized spacial score (nSPS) is 15.0. The van der Waals surface area contributed by atoms with Crippen LogP contribution in [0.15, 0.2) is 92.3 Å². The van der Waals surface area contributed by atoms with E-state index in [0.29, 0.717) is 40.7 Å². The maximum Gasteiger partial charge on any atom is 0.337 e. The first-order valence-corrected chi connectivity index (χ1v) is 14.7. The summed E-state index contributed by atoms with van der Waals surface area (Å²) in [6.45, 7) is 7.77. The Morgan fingerprint density at radius 2 is 1.65 bits per heavy atom. The lowest BCUT2D eigenvalue weighted by atomic mass is 9.78. The second-order valence-corrected chi connectivity index (χ2v) is 11.1. The van der Waals surface area contributed by atoms with Gasteiger partial charge in [-0.2, -0.15) is 0 Å². The monoisotopic (exact) mass is 645 g/mol. The van der Waals surface area contributed by atoms with Crippen molar-refractivity contribution in [1.82, 2.24) is 25.5 Å². The lowest BCUT2D eigenvalue weighted by Crippen LogP contribution is -2.33. The number of carbonyl (C=O) groups excluding carboxylic acids is 2. The fourth-order valence-electron chi connectivity index (χ4n) is 5.19. The number of carbonyl (C=O) groups is 2. The van der Waals surface area contributed by atoms with E-state index in [4.69, 9.17) is 14.0 Å². The third-order valence-corrected chi connectivity index (χ3v) is 7.73. The number of nitrogens with zero attached hydrogens (tertiary/aromatic N) is 4. The summed E-state index contributed by atoms with van der Waals surface area (Å²) >= 11 is 3.47. The van der Waals surface area contributed by atoms with E-state index in [1.54, 1.807) is 38.6 Å². The summed E-state index contributed by atoms with van der Waals surface area (Å²) in [6.07, 6.45) is 2.56. The predicted octanol–water partition coefficient (Wildman–Crippen LogP) is 5.79. The number of esters is 2. The molecule has 0 amide bonds. The van der Waals surface area contributed by atoms with Gasteiger partial charge in [0.15, 0.2) is 0 Å². The van der Waals surface area contributed by atoms with Gasteiger partial charge in [0.05, 0.1) is 29.9 Å². The highest BCUT2D eigenvalue weighted by Gasteiger charge is 2.41. The minimum Gasteiger partial charge on any atom is -0.463 e. The number of dihydropyridines is 1. The van der Waals surface area contributed by atoms with Crippen molar-refractivity contribution in [2.45, 2.75) is 53.2 Å². The molecule has 1 atom stereocenters. The molecular weight excluding hydrogens is 614 g/mol. The second-order valence-electron chi connectivity index (χ2n) is 10.1. The molecule has 43 heavy (non-hydrogen) atoms. The SMILES string of the molecule is CCOC(=O)C1=C(C)NC(C)=C(C(=O)OCc2cn(CCc3ccccc3)nn2)C1c1c(-c2ccc(Br)cc2)noc1C. The molecule has 1 unspecified atom stereocenters. The molecule has 0 fully saturated rings. The van der Waals surface area contributed by atoms with Crippen molar-refractivity contribution in [2.24, 2.45) is 0 Å². The number of benzene rings is 2. The average molecular weight is 647 g/mol. The number of ether oxygens (including phenoxy) is 2.